The van der Waals surface area contributed by atoms with E-state index in [9.17, 15) is 0 Å². The highest BCUT2D eigenvalue weighted by molar-refractivity contribution is 9.10. The minimum absolute atomic E-state index is 0.485. The molecule has 0 amide bonds. The molecule has 1 aliphatic carbocycles. The van der Waals surface area contributed by atoms with E-state index in [4.69, 9.17) is 16.6 Å². The van der Waals surface area contributed by atoms with E-state index in [1.165, 1.54) is 5.39 Å². The molecular weight excluding hydrogens is 424 g/mol. The van der Waals surface area contributed by atoms with Gasteiger partial charge in [0.15, 0.2) is 5.82 Å². The van der Waals surface area contributed by atoms with Crippen molar-refractivity contribution in [1.82, 2.24) is 19.4 Å². The van der Waals surface area contributed by atoms with Crippen molar-refractivity contribution in [2.75, 3.05) is 20.6 Å². The van der Waals surface area contributed by atoms with E-state index in [1.807, 2.05) is 25.2 Å². The number of nitrogens with zero attached hydrogens (tertiary/aromatic N) is 3. The van der Waals surface area contributed by atoms with E-state index in [2.05, 4.69) is 74.8 Å². The van der Waals surface area contributed by atoms with Crippen molar-refractivity contribution in [3.63, 3.8) is 0 Å². The van der Waals surface area contributed by atoms with Gasteiger partial charge in [-0.15, -0.1) is 11.6 Å². The third-order valence-corrected chi connectivity index (χ3v) is 5.51. The van der Waals surface area contributed by atoms with E-state index >= 15 is 0 Å². The first-order chi connectivity index (χ1) is 12.8. The number of H-pyrrole nitrogens is 1. The molecule has 2 heterocycles. The molecule has 0 bridgehead atoms. The summed E-state index contributed by atoms with van der Waals surface area (Å²) in [5.74, 6) is 0.946. The van der Waals surface area contributed by atoms with Crippen LogP contribution in [0.5, 0.6) is 0 Å². The van der Waals surface area contributed by atoms with Crippen molar-refractivity contribution in [3.05, 3.63) is 52.3 Å². The monoisotopic (exact) mass is 444 g/mol. The Morgan fingerprint density at radius 2 is 2.00 bits per heavy atom. The summed E-state index contributed by atoms with van der Waals surface area (Å²) in [6, 6.07) is 8.42. The zero-order valence-electron chi connectivity index (χ0n) is 15.6. The molecule has 27 heavy (non-hydrogen) atoms. The molecule has 0 radical (unpaired) electrons. The first-order valence-electron chi connectivity index (χ1n) is 8.94. The van der Waals surface area contributed by atoms with Crippen LogP contribution in [0.25, 0.3) is 34.6 Å². The molecule has 1 unspecified atom stereocenters. The van der Waals surface area contributed by atoms with Gasteiger partial charge in [-0.25, -0.2) is 4.98 Å². The molecule has 3 aromatic rings. The van der Waals surface area contributed by atoms with Crippen LogP contribution in [0.3, 0.4) is 0 Å². The van der Waals surface area contributed by atoms with Crippen LogP contribution in [0.4, 0.5) is 0 Å². The number of halogens is 2. The summed E-state index contributed by atoms with van der Waals surface area (Å²) in [4.78, 5) is 10.2. The zero-order chi connectivity index (χ0) is 19.2. The molecule has 140 valence electrons. The maximum Gasteiger partial charge on any atom is 0.157 e. The second-order valence-corrected chi connectivity index (χ2v) is 9.12. The Labute approximate surface area is 172 Å². The minimum Gasteiger partial charge on any atom is -0.352 e. The van der Waals surface area contributed by atoms with Gasteiger partial charge in [-0.1, -0.05) is 34.1 Å². The number of hydrogen-bond acceptors (Lipinski definition) is 2. The molecule has 1 aromatic carbocycles. The number of allylic oxidation sites excluding steroid dienone is 2. The second-order valence-electron chi connectivity index (χ2n) is 7.39. The standard InChI is InChI=1S/C21H22BrClN4/c1-21(23)8-6-16-19(7-9-21)27(11-10-26(2)3)20(25-16)18-12-14-4-5-15(22)13-17(14)24-18/h4-9,12-13,24H,10-11H2,1-3H3. The first kappa shape index (κ1) is 18.5. The number of rotatable bonds is 4. The van der Waals surface area contributed by atoms with Gasteiger partial charge in [0.2, 0.25) is 0 Å². The highest BCUT2D eigenvalue weighted by atomic mass is 79.9. The van der Waals surface area contributed by atoms with E-state index in [1.54, 1.807) is 0 Å². The Bertz CT molecular complexity index is 1060. The molecule has 0 saturated carbocycles. The number of likely N-dealkylation sites (N-methyl/N-ethyl adjacent to an activating group) is 1. The fraction of sp³-hybridized carbons (Fsp3) is 0.286. The van der Waals surface area contributed by atoms with Gasteiger partial charge in [0.1, 0.15) is 0 Å². The number of imidazole rings is 1. The number of benzene rings is 1. The van der Waals surface area contributed by atoms with Crippen LogP contribution in [0.2, 0.25) is 0 Å². The van der Waals surface area contributed by atoms with Crippen LogP contribution in [-0.4, -0.2) is 44.9 Å². The fourth-order valence-corrected chi connectivity index (χ4v) is 3.76. The summed E-state index contributed by atoms with van der Waals surface area (Å²) in [6.45, 7) is 3.76. The lowest BCUT2D eigenvalue weighted by Gasteiger charge is -2.14. The van der Waals surface area contributed by atoms with Gasteiger partial charge >= 0.3 is 0 Å². The van der Waals surface area contributed by atoms with Crippen molar-refractivity contribution in [3.8, 4) is 11.5 Å². The largest absolute Gasteiger partial charge is 0.352 e. The van der Waals surface area contributed by atoms with Gasteiger partial charge in [-0.3, -0.25) is 0 Å². The summed E-state index contributed by atoms with van der Waals surface area (Å²) >= 11 is 10.0. The fourth-order valence-electron chi connectivity index (χ4n) is 3.27. The Morgan fingerprint density at radius 3 is 2.78 bits per heavy atom. The predicted molar refractivity (Wildman–Crippen MR) is 118 cm³/mol. The summed E-state index contributed by atoms with van der Waals surface area (Å²) in [7, 11) is 4.17. The zero-order valence-corrected chi connectivity index (χ0v) is 18.0. The van der Waals surface area contributed by atoms with Gasteiger partial charge < -0.3 is 14.5 Å². The minimum atomic E-state index is -0.485. The van der Waals surface area contributed by atoms with E-state index < -0.39 is 4.87 Å². The Hall–Kier alpha value is -1.82. The van der Waals surface area contributed by atoms with E-state index in [0.717, 1.165) is 46.0 Å². The van der Waals surface area contributed by atoms with E-state index in [0.29, 0.717) is 0 Å². The van der Waals surface area contributed by atoms with Crippen LogP contribution >= 0.6 is 27.5 Å². The van der Waals surface area contributed by atoms with Gasteiger partial charge in [0.25, 0.3) is 0 Å². The van der Waals surface area contributed by atoms with Crippen LogP contribution in [0.1, 0.15) is 18.3 Å². The number of aromatic nitrogens is 3. The smallest absolute Gasteiger partial charge is 0.157 e. The third kappa shape index (κ3) is 3.77. The van der Waals surface area contributed by atoms with E-state index in [-0.39, 0.29) is 0 Å². The van der Waals surface area contributed by atoms with Crippen LogP contribution in [0.15, 0.2) is 40.9 Å². The highest BCUT2D eigenvalue weighted by Gasteiger charge is 2.22. The molecule has 1 aliphatic rings. The Morgan fingerprint density at radius 1 is 1.22 bits per heavy atom. The van der Waals surface area contributed by atoms with Crippen molar-refractivity contribution in [2.45, 2.75) is 18.3 Å². The van der Waals surface area contributed by atoms with Crippen molar-refractivity contribution in [1.29, 1.82) is 0 Å². The summed E-state index contributed by atoms with van der Waals surface area (Å²) in [6.07, 6.45) is 8.13. The molecule has 2 aromatic heterocycles. The molecule has 1 atom stereocenters. The average molecular weight is 446 g/mol. The lowest BCUT2D eigenvalue weighted by atomic mass is 10.1. The number of aromatic amines is 1. The molecule has 4 rings (SSSR count). The number of nitrogens with one attached hydrogen (secondary N) is 1. The van der Waals surface area contributed by atoms with Crippen LogP contribution in [-0.2, 0) is 6.54 Å². The average Bonchev–Trinajstić information content (AvgIpc) is 3.12. The molecule has 6 heteroatoms. The van der Waals surface area contributed by atoms with Crippen LogP contribution < -0.4 is 0 Å². The molecule has 4 nitrogen and oxygen atoms in total. The van der Waals surface area contributed by atoms with Crippen LogP contribution in [0, 0.1) is 0 Å². The molecule has 0 aliphatic heterocycles. The predicted octanol–water partition coefficient (Wildman–Crippen LogP) is 5.39. The van der Waals surface area contributed by atoms with Crippen molar-refractivity contribution < 1.29 is 0 Å². The maximum absolute atomic E-state index is 6.50. The van der Waals surface area contributed by atoms with Gasteiger partial charge in [0, 0.05) is 28.5 Å². The first-order valence-corrected chi connectivity index (χ1v) is 10.1. The summed E-state index contributed by atoms with van der Waals surface area (Å²) < 4.78 is 3.33. The second kappa shape index (κ2) is 6.97. The number of alkyl halides is 1. The van der Waals surface area contributed by atoms with Crippen molar-refractivity contribution in [2.24, 2.45) is 0 Å². The molecule has 0 fully saturated rings. The Kier molecular flexibility index (Phi) is 4.78. The topological polar surface area (TPSA) is 36.9 Å². The number of hydrogen-bond donors (Lipinski definition) is 1. The SMILES string of the molecule is CN(C)CCn1c(-c2cc3ccc(Br)cc3[nH]2)nc2c1C=CC(C)(Cl)C=C2. The highest BCUT2D eigenvalue weighted by Crippen LogP contribution is 2.32. The Balaban J connectivity index is 1.85. The normalized spacial score (nSPS) is 19.0. The van der Waals surface area contributed by atoms with Crippen molar-refractivity contribution >= 4 is 50.6 Å². The quantitative estimate of drug-likeness (QED) is 0.546. The molecule has 0 spiro atoms. The van der Waals surface area contributed by atoms with Gasteiger partial charge in [-0.2, -0.15) is 0 Å². The number of fused-ring (bicyclic) bond motifs is 2. The lowest BCUT2D eigenvalue weighted by Crippen LogP contribution is -2.19. The lowest BCUT2D eigenvalue weighted by molar-refractivity contribution is 0.384. The molecule has 1 N–H and O–H groups in total. The molecule has 0 saturated heterocycles. The summed E-state index contributed by atoms with van der Waals surface area (Å²) in [5, 5.41) is 1.17. The maximum atomic E-state index is 6.50. The third-order valence-electron chi connectivity index (χ3n) is 4.77. The van der Waals surface area contributed by atoms with Gasteiger partial charge in [-0.05, 0) is 51.4 Å². The summed E-state index contributed by atoms with van der Waals surface area (Å²) in [5.41, 5.74) is 4.15. The van der Waals surface area contributed by atoms with Gasteiger partial charge in [0.05, 0.1) is 22.0 Å². The molecular formula is C21H22BrClN4.